The van der Waals surface area contributed by atoms with Crippen LogP contribution in [0.15, 0.2) is 81.5 Å². The van der Waals surface area contributed by atoms with Crippen molar-refractivity contribution >= 4 is 56.0 Å². The minimum Gasteiger partial charge on any atom is -0.326 e. The summed E-state index contributed by atoms with van der Waals surface area (Å²) in [5, 5.41) is 2.54. The Bertz CT molecular complexity index is 1360. The van der Waals surface area contributed by atoms with Gasteiger partial charge in [0.05, 0.1) is 11.4 Å². The zero-order valence-corrected chi connectivity index (χ0v) is 21.7. The highest BCUT2D eigenvalue weighted by atomic mass is 79.9. The van der Waals surface area contributed by atoms with Crippen molar-refractivity contribution < 1.29 is 9.59 Å². The Morgan fingerprint density at radius 1 is 1.17 bits per heavy atom. The average Bonchev–Trinajstić information content (AvgIpc) is 3.24. The maximum Gasteiger partial charge on any atom is 0.297 e. The fourth-order valence-electron chi connectivity index (χ4n) is 3.71. The van der Waals surface area contributed by atoms with Crippen LogP contribution in [0.25, 0.3) is 5.69 Å². The molecule has 0 aliphatic carbocycles. The zero-order chi connectivity index (χ0) is 25.1. The highest BCUT2D eigenvalue weighted by Gasteiger charge is 2.39. The zero-order valence-electron chi connectivity index (χ0n) is 19.3. The van der Waals surface area contributed by atoms with Crippen molar-refractivity contribution in [1.29, 1.82) is 0 Å². The highest BCUT2D eigenvalue weighted by molar-refractivity contribution is 9.10. The molecule has 2 amide bonds. The topological polar surface area (TPSA) is 88.7 Å². The first-order valence-corrected chi connectivity index (χ1v) is 12.5. The van der Waals surface area contributed by atoms with E-state index >= 15 is 0 Å². The van der Waals surface area contributed by atoms with Crippen LogP contribution in [0.3, 0.4) is 0 Å². The van der Waals surface area contributed by atoms with E-state index in [1.807, 2.05) is 49.4 Å². The number of carbonyl (C=O) groups excluding carboxylic acids is 2. The minimum atomic E-state index is -0.649. The van der Waals surface area contributed by atoms with Crippen LogP contribution in [0, 0.1) is 6.92 Å². The Hall–Kier alpha value is -3.37. The lowest BCUT2D eigenvalue weighted by atomic mass is 10.2. The van der Waals surface area contributed by atoms with Gasteiger partial charge in [0.25, 0.3) is 5.56 Å². The van der Waals surface area contributed by atoms with Crippen molar-refractivity contribution in [3.05, 3.63) is 87.8 Å². The number of aromatic nitrogens is 2. The second-order valence-electron chi connectivity index (χ2n) is 7.91. The molecule has 1 N–H and O–H groups in total. The van der Waals surface area contributed by atoms with E-state index in [2.05, 4.69) is 32.8 Å². The van der Waals surface area contributed by atoms with Gasteiger partial charge in [-0.25, -0.2) is 9.67 Å². The van der Waals surface area contributed by atoms with Crippen LogP contribution in [0.2, 0.25) is 0 Å². The van der Waals surface area contributed by atoms with Crippen molar-refractivity contribution in [1.82, 2.24) is 14.3 Å². The van der Waals surface area contributed by atoms with Gasteiger partial charge in [-0.15, -0.1) is 6.58 Å². The molecular weight excluding hydrogens is 530 g/mol. The molecular formula is C25H24BrN5O3S. The molecule has 10 heteroatoms. The number of nitrogens with one attached hydrogen (secondary N) is 1. The summed E-state index contributed by atoms with van der Waals surface area (Å²) in [6, 6.07) is 16.5. The van der Waals surface area contributed by atoms with E-state index in [4.69, 9.17) is 0 Å². The van der Waals surface area contributed by atoms with Crippen molar-refractivity contribution in [3.63, 3.8) is 0 Å². The maximum absolute atomic E-state index is 13.3. The number of thioether (sulfide) groups is 1. The fourth-order valence-corrected chi connectivity index (χ4v) is 5.13. The first-order valence-electron chi connectivity index (χ1n) is 10.9. The molecule has 0 bridgehead atoms. The normalized spacial score (nSPS) is 16.7. The van der Waals surface area contributed by atoms with E-state index < -0.39 is 5.25 Å². The molecule has 8 nitrogen and oxygen atoms in total. The lowest BCUT2D eigenvalue weighted by Gasteiger charge is -2.13. The minimum absolute atomic E-state index is 0.0196. The smallest absolute Gasteiger partial charge is 0.297 e. The third-order valence-corrected chi connectivity index (χ3v) is 7.27. The number of aliphatic imine (C=N–C) groups is 1. The van der Waals surface area contributed by atoms with Gasteiger partial charge in [-0.1, -0.05) is 52.0 Å². The molecule has 0 radical (unpaired) electrons. The molecule has 2 aromatic carbocycles. The van der Waals surface area contributed by atoms with Gasteiger partial charge in [0.2, 0.25) is 11.8 Å². The largest absolute Gasteiger partial charge is 0.326 e. The molecule has 3 aromatic rings. The van der Waals surface area contributed by atoms with Gasteiger partial charge in [-0.05, 0) is 43.3 Å². The lowest BCUT2D eigenvalue weighted by Crippen LogP contribution is -2.33. The van der Waals surface area contributed by atoms with Crippen molar-refractivity contribution in [2.75, 3.05) is 11.9 Å². The molecule has 0 spiro atoms. The Balaban J connectivity index is 1.61. The summed E-state index contributed by atoms with van der Waals surface area (Å²) in [4.78, 5) is 45.1. The monoisotopic (exact) mass is 553 g/mol. The van der Waals surface area contributed by atoms with Crippen LogP contribution in [0.4, 0.5) is 11.4 Å². The van der Waals surface area contributed by atoms with Crippen molar-refractivity contribution in [2.24, 2.45) is 12.0 Å². The van der Waals surface area contributed by atoms with Crippen LogP contribution in [-0.4, -0.2) is 43.0 Å². The van der Waals surface area contributed by atoms with E-state index in [1.165, 1.54) is 21.3 Å². The highest BCUT2D eigenvalue weighted by Crippen LogP contribution is 2.32. The molecule has 0 saturated carbocycles. The molecule has 1 fully saturated rings. The standard InChI is InChI=1S/C25H24BrN5O3S/c1-4-14-30-23(33)20(15-21(32)27-18-12-10-17(26)11-13-18)35-25(30)28-22-16(2)29(3)31(24(22)34)19-8-6-5-7-9-19/h4-13,20H,1,14-15H2,2-3H3,(H,27,32)/t20-/m0/s1. The molecule has 1 aromatic heterocycles. The van der Waals surface area contributed by atoms with Crippen LogP contribution < -0.4 is 10.9 Å². The summed E-state index contributed by atoms with van der Waals surface area (Å²) in [7, 11) is 1.79. The first-order chi connectivity index (χ1) is 16.8. The summed E-state index contributed by atoms with van der Waals surface area (Å²) in [5.74, 6) is -0.517. The van der Waals surface area contributed by atoms with Gasteiger partial charge in [-0.3, -0.25) is 24.0 Å². The third-order valence-electron chi connectivity index (χ3n) is 5.56. The predicted octanol–water partition coefficient (Wildman–Crippen LogP) is 4.39. The number of halogens is 1. The average molecular weight is 554 g/mol. The van der Waals surface area contributed by atoms with Crippen LogP contribution in [-0.2, 0) is 16.6 Å². The predicted molar refractivity (Wildman–Crippen MR) is 144 cm³/mol. The van der Waals surface area contributed by atoms with Gasteiger partial charge in [0.1, 0.15) is 5.25 Å². The number of nitrogens with zero attached hydrogens (tertiary/aromatic N) is 4. The molecule has 1 aliphatic heterocycles. The second kappa shape index (κ2) is 10.5. The van der Waals surface area contributed by atoms with Gasteiger partial charge in [0.15, 0.2) is 10.9 Å². The van der Waals surface area contributed by atoms with Gasteiger partial charge < -0.3 is 5.32 Å². The van der Waals surface area contributed by atoms with E-state index in [-0.39, 0.29) is 36.0 Å². The van der Waals surface area contributed by atoms with Gasteiger partial charge in [0, 0.05) is 30.2 Å². The maximum atomic E-state index is 13.3. The number of para-hydroxylation sites is 1. The molecule has 1 aliphatic rings. The first kappa shape index (κ1) is 24.7. The summed E-state index contributed by atoms with van der Waals surface area (Å²) in [6.07, 6.45) is 1.58. The van der Waals surface area contributed by atoms with Gasteiger partial charge >= 0.3 is 0 Å². The van der Waals surface area contributed by atoms with E-state index in [1.54, 1.807) is 29.9 Å². The van der Waals surface area contributed by atoms with Crippen molar-refractivity contribution in [3.8, 4) is 5.69 Å². The Morgan fingerprint density at radius 3 is 2.51 bits per heavy atom. The molecule has 0 unspecified atom stereocenters. The molecule has 4 rings (SSSR count). The van der Waals surface area contributed by atoms with E-state index in [0.717, 1.165) is 10.2 Å². The summed E-state index contributed by atoms with van der Waals surface area (Å²) in [5.41, 5.74) is 1.99. The Kier molecular flexibility index (Phi) is 7.42. The second-order valence-corrected chi connectivity index (χ2v) is 9.99. The SMILES string of the molecule is C=CCN1C(=O)[C@H](CC(=O)Nc2ccc(Br)cc2)SC1=Nc1c(C)n(C)n(-c2ccccc2)c1=O. The fraction of sp³-hybridized carbons (Fsp3) is 0.200. The molecule has 180 valence electrons. The molecule has 1 saturated heterocycles. The number of anilines is 1. The van der Waals surface area contributed by atoms with Crippen LogP contribution in [0.1, 0.15) is 12.1 Å². The number of benzene rings is 2. The number of amides is 2. The summed E-state index contributed by atoms with van der Waals surface area (Å²) >= 11 is 4.55. The number of amidine groups is 1. The number of rotatable bonds is 7. The number of hydrogen-bond acceptors (Lipinski definition) is 5. The van der Waals surface area contributed by atoms with Crippen LogP contribution >= 0.6 is 27.7 Å². The Labute approximate surface area is 215 Å². The number of carbonyl (C=O) groups is 2. The van der Waals surface area contributed by atoms with E-state index in [9.17, 15) is 14.4 Å². The molecule has 2 heterocycles. The Morgan fingerprint density at radius 2 is 1.86 bits per heavy atom. The lowest BCUT2D eigenvalue weighted by molar-refractivity contribution is -0.127. The quantitative estimate of drug-likeness (QED) is 0.439. The van der Waals surface area contributed by atoms with Crippen LogP contribution in [0.5, 0.6) is 0 Å². The third kappa shape index (κ3) is 5.18. The summed E-state index contributed by atoms with van der Waals surface area (Å²) < 4.78 is 4.18. The molecule has 35 heavy (non-hydrogen) atoms. The summed E-state index contributed by atoms with van der Waals surface area (Å²) in [6.45, 7) is 5.77. The van der Waals surface area contributed by atoms with Crippen molar-refractivity contribution in [2.45, 2.75) is 18.6 Å². The van der Waals surface area contributed by atoms with E-state index in [0.29, 0.717) is 16.5 Å². The number of hydrogen-bond donors (Lipinski definition) is 1. The molecule has 1 atom stereocenters. The van der Waals surface area contributed by atoms with Gasteiger partial charge in [-0.2, -0.15) is 0 Å².